The molecule has 6 nitrogen and oxygen atoms in total. The Labute approximate surface area is 131 Å². The third-order valence-electron chi connectivity index (χ3n) is 3.44. The van der Waals surface area contributed by atoms with Crippen molar-refractivity contribution in [1.29, 1.82) is 0 Å². The van der Waals surface area contributed by atoms with Gasteiger partial charge in [-0.3, -0.25) is 4.79 Å². The van der Waals surface area contributed by atoms with Gasteiger partial charge in [0, 0.05) is 19.0 Å². The Balaban J connectivity index is 1.78. The van der Waals surface area contributed by atoms with Crippen molar-refractivity contribution in [1.82, 2.24) is 15.5 Å². The second-order valence-electron chi connectivity index (χ2n) is 5.52. The van der Waals surface area contributed by atoms with Crippen LogP contribution >= 0.6 is 0 Å². The van der Waals surface area contributed by atoms with Gasteiger partial charge in [-0.25, -0.2) is 4.79 Å². The van der Waals surface area contributed by atoms with Crippen molar-refractivity contribution in [3.05, 3.63) is 24.2 Å². The molecule has 0 radical (unpaired) electrons. The number of amides is 3. The first-order valence-corrected chi connectivity index (χ1v) is 7.19. The van der Waals surface area contributed by atoms with Crippen molar-refractivity contribution in [3.63, 3.8) is 0 Å². The first-order chi connectivity index (χ1) is 10.7. The average molecular weight is 333 g/mol. The molecule has 1 saturated heterocycles. The lowest BCUT2D eigenvalue weighted by Gasteiger charge is -2.19. The Bertz CT molecular complexity index is 545. The summed E-state index contributed by atoms with van der Waals surface area (Å²) in [5, 5.41) is 5.04. The van der Waals surface area contributed by atoms with Gasteiger partial charge in [-0.1, -0.05) is 0 Å². The molecule has 128 valence electrons. The smallest absolute Gasteiger partial charge is 0.406 e. The third kappa shape index (κ3) is 5.19. The van der Waals surface area contributed by atoms with E-state index in [1.165, 1.54) is 6.26 Å². The minimum Gasteiger partial charge on any atom is -0.469 e. The summed E-state index contributed by atoms with van der Waals surface area (Å²) >= 11 is 0. The predicted molar refractivity (Wildman–Crippen MR) is 74.6 cm³/mol. The van der Waals surface area contributed by atoms with Gasteiger partial charge < -0.3 is 20.0 Å². The van der Waals surface area contributed by atoms with E-state index in [9.17, 15) is 22.8 Å². The van der Waals surface area contributed by atoms with Gasteiger partial charge in [-0.2, -0.15) is 13.2 Å². The molecule has 2 unspecified atom stereocenters. The van der Waals surface area contributed by atoms with Gasteiger partial charge in [0.15, 0.2) is 0 Å². The number of urea groups is 1. The van der Waals surface area contributed by atoms with E-state index in [1.54, 1.807) is 19.1 Å². The van der Waals surface area contributed by atoms with E-state index in [2.05, 4.69) is 10.6 Å². The first kappa shape index (κ1) is 17.2. The fourth-order valence-electron chi connectivity index (χ4n) is 2.45. The van der Waals surface area contributed by atoms with E-state index >= 15 is 0 Å². The van der Waals surface area contributed by atoms with Gasteiger partial charge in [0.05, 0.1) is 6.26 Å². The number of furan rings is 1. The quantitative estimate of drug-likeness (QED) is 0.861. The summed E-state index contributed by atoms with van der Waals surface area (Å²) in [5.41, 5.74) is 0. The second-order valence-corrected chi connectivity index (χ2v) is 5.52. The van der Waals surface area contributed by atoms with Gasteiger partial charge in [-0.05, 0) is 25.5 Å². The standard InChI is InChI=1S/C14H18F3N3O3/c1-9(7-10-3-2-6-23-10)18-13(22)19-11-4-5-20(12(11)21)8-14(15,16)17/h2-3,6,9,11H,4-5,7-8H2,1H3,(H2,18,19,22). The van der Waals surface area contributed by atoms with Crippen LogP contribution in [0.3, 0.4) is 0 Å². The topological polar surface area (TPSA) is 74.6 Å². The number of carbonyl (C=O) groups excluding carboxylic acids is 2. The molecule has 9 heteroatoms. The minimum atomic E-state index is -4.44. The Morgan fingerprint density at radius 2 is 2.26 bits per heavy atom. The van der Waals surface area contributed by atoms with Gasteiger partial charge in [0.2, 0.25) is 5.91 Å². The Morgan fingerprint density at radius 3 is 2.87 bits per heavy atom. The zero-order valence-corrected chi connectivity index (χ0v) is 12.5. The third-order valence-corrected chi connectivity index (χ3v) is 3.44. The van der Waals surface area contributed by atoms with Crippen LogP contribution in [0.5, 0.6) is 0 Å². The monoisotopic (exact) mass is 333 g/mol. The summed E-state index contributed by atoms with van der Waals surface area (Å²) in [6, 6.07) is 1.74. The molecule has 2 heterocycles. The summed E-state index contributed by atoms with van der Waals surface area (Å²) in [4.78, 5) is 24.4. The normalized spacial score (nSPS) is 19.7. The summed E-state index contributed by atoms with van der Waals surface area (Å²) < 4.78 is 42.1. The molecule has 1 aliphatic heterocycles. The fourth-order valence-corrected chi connectivity index (χ4v) is 2.45. The van der Waals surface area contributed by atoms with Gasteiger partial charge in [-0.15, -0.1) is 0 Å². The van der Waals surface area contributed by atoms with E-state index in [0.717, 1.165) is 0 Å². The molecule has 0 spiro atoms. The van der Waals surface area contributed by atoms with Gasteiger partial charge in [0.1, 0.15) is 18.3 Å². The number of rotatable bonds is 5. The molecule has 3 amide bonds. The lowest BCUT2D eigenvalue weighted by atomic mass is 10.2. The predicted octanol–water partition coefficient (Wildman–Crippen LogP) is 1.67. The molecule has 2 N–H and O–H groups in total. The van der Waals surface area contributed by atoms with Crippen LogP contribution in [-0.4, -0.2) is 48.2 Å². The molecule has 2 atom stereocenters. The van der Waals surface area contributed by atoms with Crippen molar-refractivity contribution in [2.75, 3.05) is 13.1 Å². The average Bonchev–Trinajstić information content (AvgIpc) is 3.02. The fraction of sp³-hybridized carbons (Fsp3) is 0.571. The molecule has 0 aromatic carbocycles. The van der Waals surface area contributed by atoms with Gasteiger partial charge >= 0.3 is 12.2 Å². The second kappa shape index (κ2) is 6.93. The number of hydrogen-bond acceptors (Lipinski definition) is 3. The SMILES string of the molecule is CC(Cc1ccco1)NC(=O)NC1CCN(CC(F)(F)F)C1=O. The summed E-state index contributed by atoms with van der Waals surface area (Å²) in [7, 11) is 0. The lowest BCUT2D eigenvalue weighted by Crippen LogP contribution is -2.49. The number of carbonyl (C=O) groups is 2. The van der Waals surface area contributed by atoms with E-state index in [-0.39, 0.29) is 19.0 Å². The zero-order valence-electron chi connectivity index (χ0n) is 12.5. The summed E-state index contributed by atoms with van der Waals surface area (Å²) in [6.07, 6.45) is -2.28. The molecule has 2 rings (SSSR count). The lowest BCUT2D eigenvalue weighted by molar-refractivity contribution is -0.157. The molecule has 0 bridgehead atoms. The van der Waals surface area contributed by atoms with Crippen molar-refractivity contribution >= 4 is 11.9 Å². The highest BCUT2D eigenvalue weighted by Crippen LogP contribution is 2.20. The summed E-state index contributed by atoms with van der Waals surface area (Å²) in [5.74, 6) is -0.0118. The van der Waals surface area contributed by atoms with Crippen LogP contribution in [-0.2, 0) is 11.2 Å². The Morgan fingerprint density at radius 1 is 1.52 bits per heavy atom. The maximum atomic E-state index is 12.3. The first-order valence-electron chi connectivity index (χ1n) is 7.19. The van der Waals surface area contributed by atoms with Crippen molar-refractivity contribution < 1.29 is 27.2 Å². The number of hydrogen-bond donors (Lipinski definition) is 2. The van der Waals surface area contributed by atoms with Crippen LogP contribution in [0.2, 0.25) is 0 Å². The van der Waals surface area contributed by atoms with Crippen LogP contribution in [0.4, 0.5) is 18.0 Å². The molecule has 1 aromatic rings. The highest BCUT2D eigenvalue weighted by Gasteiger charge is 2.39. The largest absolute Gasteiger partial charge is 0.469 e. The summed E-state index contributed by atoms with van der Waals surface area (Å²) in [6.45, 7) is 0.445. The molecular weight excluding hydrogens is 315 g/mol. The Hall–Kier alpha value is -2.19. The molecule has 1 aliphatic rings. The molecule has 1 aromatic heterocycles. The molecular formula is C14H18F3N3O3. The highest BCUT2D eigenvalue weighted by molar-refractivity contribution is 5.88. The van der Waals surface area contributed by atoms with Crippen LogP contribution < -0.4 is 10.6 Å². The van der Waals surface area contributed by atoms with Gasteiger partial charge in [0.25, 0.3) is 0 Å². The van der Waals surface area contributed by atoms with Crippen LogP contribution in [0.1, 0.15) is 19.1 Å². The van der Waals surface area contributed by atoms with Crippen molar-refractivity contribution in [3.8, 4) is 0 Å². The number of nitrogens with one attached hydrogen (secondary N) is 2. The van der Waals surface area contributed by atoms with Crippen molar-refractivity contribution in [2.45, 2.75) is 38.0 Å². The van der Waals surface area contributed by atoms with E-state index < -0.39 is 30.7 Å². The number of nitrogens with zero attached hydrogens (tertiary/aromatic N) is 1. The van der Waals surface area contributed by atoms with Crippen LogP contribution in [0.15, 0.2) is 22.8 Å². The van der Waals surface area contributed by atoms with E-state index in [0.29, 0.717) is 17.1 Å². The molecule has 1 fully saturated rings. The highest BCUT2D eigenvalue weighted by atomic mass is 19.4. The van der Waals surface area contributed by atoms with E-state index in [1.807, 2.05) is 0 Å². The van der Waals surface area contributed by atoms with E-state index in [4.69, 9.17) is 4.42 Å². The van der Waals surface area contributed by atoms with Crippen LogP contribution in [0, 0.1) is 0 Å². The number of alkyl halides is 3. The molecule has 23 heavy (non-hydrogen) atoms. The van der Waals surface area contributed by atoms with Crippen LogP contribution in [0.25, 0.3) is 0 Å². The molecule has 0 saturated carbocycles. The maximum Gasteiger partial charge on any atom is 0.406 e. The maximum absolute atomic E-state index is 12.3. The number of halogens is 3. The van der Waals surface area contributed by atoms with Crippen molar-refractivity contribution in [2.24, 2.45) is 0 Å². The number of likely N-dealkylation sites (tertiary alicyclic amines) is 1. The zero-order chi connectivity index (χ0) is 17.0. The Kier molecular flexibility index (Phi) is 5.17. The minimum absolute atomic E-state index is 0.0226. The molecule has 0 aliphatic carbocycles.